The quantitative estimate of drug-likeness (QED) is 0.376. The van der Waals surface area contributed by atoms with E-state index in [1.807, 2.05) is 14.0 Å². The van der Waals surface area contributed by atoms with Crippen LogP contribution in [0.25, 0.3) is 0 Å². The summed E-state index contributed by atoms with van der Waals surface area (Å²) in [6.07, 6.45) is -3.36. The van der Waals surface area contributed by atoms with Gasteiger partial charge in [0.05, 0.1) is 18.7 Å². The zero-order valence-corrected chi connectivity index (χ0v) is 15.7. The minimum atomic E-state index is -4.31. The molecule has 0 aromatic heterocycles. The lowest BCUT2D eigenvalue weighted by Gasteiger charge is -2.17. The molecule has 1 aromatic carbocycles. The molecule has 0 bridgehead atoms. The van der Waals surface area contributed by atoms with Gasteiger partial charge in [-0.2, -0.15) is 13.2 Å². The van der Waals surface area contributed by atoms with E-state index in [2.05, 4.69) is 20.5 Å². The molecule has 0 heterocycles. The fourth-order valence-corrected chi connectivity index (χ4v) is 2.23. The largest absolute Gasteiger partial charge is 0.416 e. The Kier molecular flexibility index (Phi) is 10.0. The van der Waals surface area contributed by atoms with E-state index in [1.54, 1.807) is 7.11 Å². The van der Waals surface area contributed by atoms with Crippen molar-refractivity contribution < 1.29 is 17.9 Å². The van der Waals surface area contributed by atoms with Crippen LogP contribution in [-0.2, 0) is 17.5 Å². The first-order valence-corrected chi connectivity index (χ1v) is 8.72. The maximum Gasteiger partial charge on any atom is 0.416 e. The third-order valence-corrected chi connectivity index (χ3v) is 3.73. The van der Waals surface area contributed by atoms with Gasteiger partial charge in [-0.05, 0) is 44.6 Å². The van der Waals surface area contributed by atoms with E-state index in [9.17, 15) is 13.2 Å². The van der Waals surface area contributed by atoms with Gasteiger partial charge in [-0.3, -0.25) is 0 Å². The van der Waals surface area contributed by atoms with Crippen LogP contribution in [0.4, 0.5) is 13.2 Å². The van der Waals surface area contributed by atoms with Gasteiger partial charge in [0.1, 0.15) is 0 Å². The molecule has 0 saturated heterocycles. The van der Waals surface area contributed by atoms with Crippen LogP contribution in [0.2, 0.25) is 0 Å². The smallest absolute Gasteiger partial charge is 0.383 e. The van der Waals surface area contributed by atoms with E-state index in [4.69, 9.17) is 4.74 Å². The summed E-state index contributed by atoms with van der Waals surface area (Å²) in [6, 6.07) is 5.09. The van der Waals surface area contributed by atoms with E-state index in [1.165, 1.54) is 12.1 Å². The lowest BCUT2D eigenvalue weighted by molar-refractivity contribution is -0.137. The molecule has 0 fully saturated rings. The van der Waals surface area contributed by atoms with Gasteiger partial charge in [0.25, 0.3) is 0 Å². The van der Waals surface area contributed by atoms with Crippen molar-refractivity contribution in [3.63, 3.8) is 0 Å². The van der Waals surface area contributed by atoms with Gasteiger partial charge in [0.15, 0.2) is 5.96 Å². The van der Waals surface area contributed by atoms with E-state index >= 15 is 0 Å². The van der Waals surface area contributed by atoms with Gasteiger partial charge in [0, 0.05) is 26.7 Å². The number of hydrogen-bond acceptors (Lipinski definition) is 3. The molecular weight excluding hydrogens is 345 g/mol. The van der Waals surface area contributed by atoms with Gasteiger partial charge in [-0.1, -0.05) is 12.1 Å². The SMILES string of the molecule is CCNC(=NCc1ccc(C(F)(F)F)cc1)NCCCN(C)CCOC. The highest BCUT2D eigenvalue weighted by Crippen LogP contribution is 2.29. The van der Waals surface area contributed by atoms with Gasteiger partial charge in [0.2, 0.25) is 0 Å². The van der Waals surface area contributed by atoms with E-state index in [-0.39, 0.29) is 0 Å². The maximum atomic E-state index is 12.6. The normalized spacial score (nSPS) is 12.5. The molecule has 0 saturated carbocycles. The standard InChI is InChI=1S/C18H29F3N4O/c1-4-22-17(23-10-5-11-25(2)12-13-26-3)24-14-15-6-8-16(9-7-15)18(19,20)21/h6-9H,4-5,10-14H2,1-3H3,(H2,22,23,24). The molecule has 0 aliphatic heterocycles. The minimum absolute atomic E-state index is 0.321. The van der Waals surface area contributed by atoms with Crippen molar-refractivity contribution in [3.8, 4) is 0 Å². The number of likely N-dealkylation sites (N-methyl/N-ethyl adjacent to an activating group) is 1. The highest BCUT2D eigenvalue weighted by molar-refractivity contribution is 5.79. The number of ether oxygens (including phenoxy) is 1. The second-order valence-corrected chi connectivity index (χ2v) is 5.97. The molecule has 1 aromatic rings. The first kappa shape index (κ1) is 22.2. The second-order valence-electron chi connectivity index (χ2n) is 5.97. The number of alkyl halides is 3. The second kappa shape index (κ2) is 11.7. The van der Waals surface area contributed by atoms with Crippen LogP contribution in [0.5, 0.6) is 0 Å². The van der Waals surface area contributed by atoms with Crippen molar-refractivity contribution >= 4 is 5.96 Å². The number of hydrogen-bond donors (Lipinski definition) is 2. The fourth-order valence-electron chi connectivity index (χ4n) is 2.23. The molecule has 0 atom stereocenters. The van der Waals surface area contributed by atoms with Crippen molar-refractivity contribution in [1.82, 2.24) is 15.5 Å². The molecule has 1 rings (SSSR count). The Bertz CT molecular complexity index is 532. The molecule has 148 valence electrons. The Morgan fingerprint density at radius 3 is 2.42 bits per heavy atom. The Balaban J connectivity index is 2.45. The van der Waals surface area contributed by atoms with Crippen molar-refractivity contribution in [3.05, 3.63) is 35.4 Å². The Labute approximate surface area is 153 Å². The molecule has 2 N–H and O–H groups in total. The van der Waals surface area contributed by atoms with Crippen molar-refractivity contribution in [2.45, 2.75) is 26.1 Å². The zero-order chi connectivity index (χ0) is 19.4. The number of nitrogens with one attached hydrogen (secondary N) is 2. The summed E-state index contributed by atoms with van der Waals surface area (Å²) < 4.78 is 42.8. The van der Waals surface area contributed by atoms with E-state index < -0.39 is 11.7 Å². The summed E-state index contributed by atoms with van der Waals surface area (Å²) in [7, 11) is 3.73. The van der Waals surface area contributed by atoms with Gasteiger partial charge in [-0.15, -0.1) is 0 Å². The average molecular weight is 374 g/mol. The molecule has 0 unspecified atom stereocenters. The van der Waals surface area contributed by atoms with Gasteiger partial charge in [-0.25, -0.2) is 4.99 Å². The average Bonchev–Trinajstić information content (AvgIpc) is 2.61. The molecule has 5 nitrogen and oxygen atoms in total. The number of halogens is 3. The topological polar surface area (TPSA) is 48.9 Å². The van der Waals surface area contributed by atoms with Crippen LogP contribution in [0, 0.1) is 0 Å². The fraction of sp³-hybridized carbons (Fsp3) is 0.611. The highest BCUT2D eigenvalue weighted by Gasteiger charge is 2.29. The summed E-state index contributed by atoms with van der Waals surface area (Å²) in [5.74, 6) is 0.659. The Morgan fingerprint density at radius 1 is 1.15 bits per heavy atom. The van der Waals surface area contributed by atoms with Gasteiger partial charge >= 0.3 is 6.18 Å². The molecule has 0 radical (unpaired) electrons. The third-order valence-electron chi connectivity index (χ3n) is 3.73. The molecule has 0 spiro atoms. The predicted octanol–water partition coefficient (Wildman–Crippen LogP) is 2.73. The van der Waals surface area contributed by atoms with E-state index in [0.717, 1.165) is 43.8 Å². The van der Waals surface area contributed by atoms with E-state index in [0.29, 0.717) is 25.7 Å². The first-order valence-electron chi connectivity index (χ1n) is 8.72. The van der Waals surface area contributed by atoms with Crippen LogP contribution in [0.3, 0.4) is 0 Å². The number of rotatable bonds is 10. The molecular formula is C18H29F3N4O. The monoisotopic (exact) mass is 374 g/mol. The van der Waals surface area contributed by atoms with Crippen LogP contribution in [0.15, 0.2) is 29.3 Å². The highest BCUT2D eigenvalue weighted by atomic mass is 19.4. The molecule has 8 heteroatoms. The summed E-state index contributed by atoms with van der Waals surface area (Å²) in [6.45, 7) is 6.30. The molecule has 26 heavy (non-hydrogen) atoms. The number of nitrogens with zero attached hydrogens (tertiary/aromatic N) is 2. The Hall–Kier alpha value is -1.80. The van der Waals surface area contributed by atoms with Crippen molar-refractivity contribution in [1.29, 1.82) is 0 Å². The minimum Gasteiger partial charge on any atom is -0.383 e. The zero-order valence-electron chi connectivity index (χ0n) is 15.7. The van der Waals surface area contributed by atoms with Crippen LogP contribution < -0.4 is 10.6 Å². The summed E-state index contributed by atoms with van der Waals surface area (Å²) in [5.41, 5.74) is 0.0855. The lowest BCUT2D eigenvalue weighted by Crippen LogP contribution is -2.38. The maximum absolute atomic E-state index is 12.6. The number of aliphatic imine (C=N–C) groups is 1. The number of methoxy groups -OCH3 is 1. The summed E-state index contributed by atoms with van der Waals surface area (Å²) in [4.78, 5) is 6.61. The van der Waals surface area contributed by atoms with Crippen LogP contribution in [-0.4, -0.2) is 57.8 Å². The van der Waals surface area contributed by atoms with Crippen LogP contribution in [0.1, 0.15) is 24.5 Å². The summed E-state index contributed by atoms with van der Waals surface area (Å²) >= 11 is 0. The van der Waals surface area contributed by atoms with Crippen molar-refractivity contribution in [2.75, 3.05) is 46.9 Å². The molecule has 0 aliphatic rings. The summed E-state index contributed by atoms with van der Waals surface area (Å²) in [5, 5.41) is 6.38. The molecule has 0 aliphatic carbocycles. The van der Waals surface area contributed by atoms with Crippen LogP contribution >= 0.6 is 0 Å². The lowest BCUT2D eigenvalue weighted by atomic mass is 10.1. The first-order chi connectivity index (χ1) is 12.4. The van der Waals surface area contributed by atoms with Gasteiger partial charge < -0.3 is 20.3 Å². The van der Waals surface area contributed by atoms with Crippen molar-refractivity contribution in [2.24, 2.45) is 4.99 Å². The molecule has 0 amide bonds. The third kappa shape index (κ3) is 9.05. The Morgan fingerprint density at radius 2 is 1.85 bits per heavy atom. The predicted molar refractivity (Wildman–Crippen MR) is 98.3 cm³/mol. The number of guanidine groups is 1. The number of benzene rings is 1.